The minimum atomic E-state index is -3.71. The van der Waals surface area contributed by atoms with Gasteiger partial charge in [-0.1, -0.05) is 19.1 Å². The molecule has 9 heteroatoms. The third-order valence-electron chi connectivity index (χ3n) is 4.86. The molecule has 1 aliphatic heterocycles. The smallest absolute Gasteiger partial charge is 0.249 e. The van der Waals surface area contributed by atoms with E-state index in [0.29, 0.717) is 28.8 Å². The zero-order valence-electron chi connectivity index (χ0n) is 16.4. The number of sulfonamides is 1. The Labute approximate surface area is 164 Å². The van der Waals surface area contributed by atoms with Crippen LogP contribution < -0.4 is 10.0 Å². The average molecular weight is 404 g/mol. The van der Waals surface area contributed by atoms with Crippen molar-refractivity contribution in [3.05, 3.63) is 29.5 Å². The van der Waals surface area contributed by atoms with Crippen LogP contribution in [0.2, 0.25) is 0 Å². The van der Waals surface area contributed by atoms with E-state index >= 15 is 0 Å². The number of aryl methyl sites for hydroxylation is 2. The lowest BCUT2D eigenvalue weighted by Crippen LogP contribution is -2.32. The summed E-state index contributed by atoms with van der Waals surface area (Å²) in [5.41, 5.74) is 2.26. The molecule has 150 valence electrons. The van der Waals surface area contributed by atoms with Crippen LogP contribution in [0, 0.1) is 13.8 Å². The van der Waals surface area contributed by atoms with Crippen molar-refractivity contribution in [1.82, 2.24) is 14.5 Å². The first-order valence-electron chi connectivity index (χ1n) is 9.20. The summed E-state index contributed by atoms with van der Waals surface area (Å²) in [5, 5.41) is 7.00. The quantitative estimate of drug-likeness (QED) is 0.796. The van der Waals surface area contributed by atoms with Gasteiger partial charge in [0.2, 0.25) is 21.8 Å². The number of nitrogens with zero attached hydrogens (tertiary/aromatic N) is 2. The fourth-order valence-corrected chi connectivity index (χ4v) is 4.74. The van der Waals surface area contributed by atoms with Crippen molar-refractivity contribution in [2.45, 2.75) is 57.9 Å². The van der Waals surface area contributed by atoms with Crippen LogP contribution in [0.15, 0.2) is 23.1 Å². The highest BCUT2D eigenvalue weighted by Gasteiger charge is 2.27. The van der Waals surface area contributed by atoms with Crippen LogP contribution in [0.3, 0.4) is 0 Å². The SMILES string of the molecule is CC[C@H](C)NS(=O)(=O)c1cc(-c2c(C)nn3c2NC(=O)CCC3=O)ccc1C. The number of hydrogen-bond donors (Lipinski definition) is 2. The Balaban J connectivity index is 2.14. The van der Waals surface area contributed by atoms with Gasteiger partial charge in [-0.15, -0.1) is 0 Å². The molecule has 1 aliphatic rings. The minimum absolute atomic E-state index is 0.0751. The molecule has 2 heterocycles. The fourth-order valence-electron chi connectivity index (χ4n) is 3.15. The zero-order chi connectivity index (χ0) is 20.6. The molecule has 0 fully saturated rings. The van der Waals surface area contributed by atoms with Crippen molar-refractivity contribution in [2.24, 2.45) is 0 Å². The second kappa shape index (κ2) is 7.48. The molecule has 0 aliphatic carbocycles. The summed E-state index contributed by atoms with van der Waals surface area (Å²) in [6.07, 6.45) is 0.834. The lowest BCUT2D eigenvalue weighted by molar-refractivity contribution is -0.116. The first kappa shape index (κ1) is 20.2. The largest absolute Gasteiger partial charge is 0.310 e. The monoisotopic (exact) mass is 404 g/mol. The molecule has 8 nitrogen and oxygen atoms in total. The van der Waals surface area contributed by atoms with E-state index in [1.54, 1.807) is 39.0 Å². The molecule has 3 rings (SSSR count). The van der Waals surface area contributed by atoms with Crippen LogP contribution in [0.1, 0.15) is 49.2 Å². The van der Waals surface area contributed by atoms with Gasteiger partial charge < -0.3 is 5.32 Å². The van der Waals surface area contributed by atoms with Crippen LogP contribution in [0.5, 0.6) is 0 Å². The van der Waals surface area contributed by atoms with Gasteiger partial charge in [0.25, 0.3) is 0 Å². The third kappa shape index (κ3) is 3.72. The van der Waals surface area contributed by atoms with E-state index in [9.17, 15) is 18.0 Å². The van der Waals surface area contributed by atoms with Crippen LogP contribution in [0.4, 0.5) is 5.82 Å². The van der Waals surface area contributed by atoms with Gasteiger partial charge in [0.15, 0.2) is 0 Å². The van der Waals surface area contributed by atoms with Crippen molar-refractivity contribution in [3.63, 3.8) is 0 Å². The lowest BCUT2D eigenvalue weighted by atomic mass is 10.0. The topological polar surface area (TPSA) is 110 Å². The Morgan fingerprint density at radius 1 is 1.25 bits per heavy atom. The maximum atomic E-state index is 12.8. The molecule has 1 amide bonds. The predicted octanol–water partition coefficient (Wildman–Crippen LogP) is 2.62. The number of fused-ring (bicyclic) bond motifs is 1. The summed E-state index contributed by atoms with van der Waals surface area (Å²) in [6.45, 7) is 7.16. The molecular weight excluding hydrogens is 380 g/mol. The number of aromatic nitrogens is 2. The van der Waals surface area contributed by atoms with Gasteiger partial charge in [-0.2, -0.15) is 9.78 Å². The van der Waals surface area contributed by atoms with E-state index in [2.05, 4.69) is 15.1 Å². The molecule has 28 heavy (non-hydrogen) atoms. The third-order valence-corrected chi connectivity index (χ3v) is 6.59. The van der Waals surface area contributed by atoms with Crippen molar-refractivity contribution < 1.29 is 18.0 Å². The van der Waals surface area contributed by atoms with E-state index in [1.807, 2.05) is 6.92 Å². The number of anilines is 1. The number of nitrogens with one attached hydrogen (secondary N) is 2. The van der Waals surface area contributed by atoms with E-state index < -0.39 is 10.0 Å². The van der Waals surface area contributed by atoms with Gasteiger partial charge in [0, 0.05) is 24.4 Å². The molecule has 1 atom stereocenters. The van der Waals surface area contributed by atoms with Crippen molar-refractivity contribution in [1.29, 1.82) is 0 Å². The van der Waals surface area contributed by atoms with Crippen molar-refractivity contribution >= 4 is 27.7 Å². The summed E-state index contributed by atoms with van der Waals surface area (Å²) in [5.74, 6) is -0.264. The lowest BCUT2D eigenvalue weighted by Gasteiger charge is -2.15. The second-order valence-electron chi connectivity index (χ2n) is 7.07. The first-order chi connectivity index (χ1) is 13.1. The van der Waals surface area contributed by atoms with E-state index in [0.717, 1.165) is 0 Å². The molecule has 1 aromatic heterocycles. The molecule has 1 aromatic carbocycles. The number of carbonyl (C=O) groups is 2. The fraction of sp³-hybridized carbons (Fsp3) is 0.421. The van der Waals surface area contributed by atoms with Crippen LogP contribution in [0.25, 0.3) is 11.1 Å². The van der Waals surface area contributed by atoms with Crippen LogP contribution >= 0.6 is 0 Å². The highest BCUT2D eigenvalue weighted by Crippen LogP contribution is 2.35. The molecule has 2 aromatic rings. The number of rotatable bonds is 5. The molecular formula is C19H24N4O4S. The maximum Gasteiger partial charge on any atom is 0.249 e. The van der Waals surface area contributed by atoms with Gasteiger partial charge in [-0.05, 0) is 44.4 Å². The molecule has 0 saturated heterocycles. The number of carbonyl (C=O) groups excluding carboxylic acids is 2. The Bertz CT molecular complexity index is 1060. The molecule has 0 radical (unpaired) electrons. The molecule has 0 saturated carbocycles. The van der Waals surface area contributed by atoms with Crippen molar-refractivity contribution in [3.8, 4) is 11.1 Å². The van der Waals surface area contributed by atoms with Crippen LogP contribution in [-0.4, -0.2) is 36.1 Å². The normalized spacial score (nSPS) is 15.7. The summed E-state index contributed by atoms with van der Waals surface area (Å²) >= 11 is 0. The van der Waals surface area contributed by atoms with Crippen LogP contribution in [-0.2, 0) is 14.8 Å². The minimum Gasteiger partial charge on any atom is -0.310 e. The van der Waals surface area contributed by atoms with Gasteiger partial charge >= 0.3 is 0 Å². The van der Waals surface area contributed by atoms with E-state index in [1.165, 1.54) is 4.68 Å². The standard InChI is InChI=1S/C19H24N4O4S/c1-5-12(3)22-28(26,27)15-10-14(7-6-11(15)2)18-13(4)21-23-17(25)9-8-16(24)20-19(18)23/h6-7,10,12,22H,5,8-9H2,1-4H3,(H,20,24)/t12-/m0/s1. The molecule has 0 spiro atoms. The van der Waals surface area contributed by atoms with E-state index in [-0.39, 0.29) is 41.4 Å². The number of hydrogen-bond acceptors (Lipinski definition) is 5. The Kier molecular flexibility index (Phi) is 5.40. The summed E-state index contributed by atoms with van der Waals surface area (Å²) in [7, 11) is -3.71. The molecule has 0 unspecified atom stereocenters. The Hall–Kier alpha value is -2.52. The average Bonchev–Trinajstić information content (AvgIpc) is 2.88. The first-order valence-corrected chi connectivity index (χ1v) is 10.7. The summed E-state index contributed by atoms with van der Waals surface area (Å²) in [4.78, 5) is 24.5. The highest BCUT2D eigenvalue weighted by atomic mass is 32.2. The summed E-state index contributed by atoms with van der Waals surface area (Å²) in [6, 6.07) is 4.85. The van der Waals surface area contributed by atoms with Gasteiger partial charge in [-0.25, -0.2) is 13.1 Å². The molecule has 2 N–H and O–H groups in total. The second-order valence-corrected chi connectivity index (χ2v) is 8.76. The highest BCUT2D eigenvalue weighted by molar-refractivity contribution is 7.89. The van der Waals surface area contributed by atoms with Gasteiger partial charge in [0.1, 0.15) is 5.82 Å². The zero-order valence-corrected chi connectivity index (χ0v) is 17.2. The number of amides is 1. The van der Waals surface area contributed by atoms with Crippen molar-refractivity contribution in [2.75, 3.05) is 5.32 Å². The maximum absolute atomic E-state index is 12.8. The number of benzene rings is 1. The molecule has 0 bridgehead atoms. The van der Waals surface area contributed by atoms with Gasteiger partial charge in [0.05, 0.1) is 10.6 Å². The van der Waals surface area contributed by atoms with Gasteiger partial charge in [-0.3, -0.25) is 9.59 Å². The van der Waals surface area contributed by atoms with E-state index in [4.69, 9.17) is 0 Å². The Morgan fingerprint density at radius 2 is 1.96 bits per heavy atom. The summed E-state index contributed by atoms with van der Waals surface area (Å²) < 4.78 is 29.5. The Morgan fingerprint density at radius 3 is 2.64 bits per heavy atom. The predicted molar refractivity (Wildman–Crippen MR) is 106 cm³/mol.